The maximum Gasteiger partial charge on any atom is 0.230 e. The minimum Gasteiger partial charge on any atom is -0.326 e. The molecular formula is C17H17N3O. The average Bonchev–Trinajstić information content (AvgIpc) is 2.48. The molecule has 1 aromatic carbocycles. The summed E-state index contributed by atoms with van der Waals surface area (Å²) >= 11 is 0. The Hall–Kier alpha value is -2.64. The number of rotatable bonds is 3. The highest BCUT2D eigenvalue weighted by Gasteiger charge is 2.07. The smallest absolute Gasteiger partial charge is 0.230 e. The SMILES string of the molecule is Cc1cccnc1CC(=O)Nc1cccc(C#CCN)c1. The van der Waals surface area contributed by atoms with Crippen LogP contribution in [0.3, 0.4) is 0 Å². The van der Waals surface area contributed by atoms with Crippen LogP contribution >= 0.6 is 0 Å². The van der Waals surface area contributed by atoms with Gasteiger partial charge in [-0.1, -0.05) is 24.0 Å². The summed E-state index contributed by atoms with van der Waals surface area (Å²) in [5, 5.41) is 2.86. The zero-order valence-corrected chi connectivity index (χ0v) is 11.9. The number of nitrogens with zero attached hydrogens (tertiary/aromatic N) is 1. The van der Waals surface area contributed by atoms with Crippen molar-refractivity contribution in [2.45, 2.75) is 13.3 Å². The molecule has 2 aromatic rings. The predicted molar refractivity (Wildman–Crippen MR) is 83.7 cm³/mol. The summed E-state index contributed by atoms with van der Waals surface area (Å²) in [6.07, 6.45) is 1.95. The molecule has 0 radical (unpaired) electrons. The first-order chi connectivity index (χ1) is 10.2. The second-order valence-corrected chi connectivity index (χ2v) is 4.58. The monoisotopic (exact) mass is 279 g/mol. The summed E-state index contributed by atoms with van der Waals surface area (Å²) in [5.74, 6) is 5.63. The number of carbonyl (C=O) groups is 1. The normalized spacial score (nSPS) is 9.62. The first kappa shape index (κ1) is 14.8. The highest BCUT2D eigenvalue weighted by atomic mass is 16.1. The van der Waals surface area contributed by atoms with E-state index >= 15 is 0 Å². The van der Waals surface area contributed by atoms with Gasteiger partial charge >= 0.3 is 0 Å². The van der Waals surface area contributed by atoms with Crippen LogP contribution in [0.1, 0.15) is 16.8 Å². The van der Waals surface area contributed by atoms with Gasteiger partial charge in [-0.15, -0.1) is 0 Å². The first-order valence-corrected chi connectivity index (χ1v) is 6.68. The lowest BCUT2D eigenvalue weighted by Crippen LogP contribution is -2.15. The maximum atomic E-state index is 12.1. The fraction of sp³-hybridized carbons (Fsp3) is 0.176. The first-order valence-electron chi connectivity index (χ1n) is 6.68. The zero-order valence-electron chi connectivity index (χ0n) is 11.9. The molecule has 4 heteroatoms. The molecule has 0 aliphatic carbocycles. The number of hydrogen-bond acceptors (Lipinski definition) is 3. The molecule has 106 valence electrons. The van der Waals surface area contributed by atoms with Crippen LogP contribution < -0.4 is 11.1 Å². The van der Waals surface area contributed by atoms with Crippen molar-refractivity contribution in [3.8, 4) is 11.8 Å². The minimum absolute atomic E-state index is 0.0965. The Kier molecular flexibility index (Phi) is 5.08. The number of benzene rings is 1. The van der Waals surface area contributed by atoms with Crippen molar-refractivity contribution in [1.82, 2.24) is 4.98 Å². The topological polar surface area (TPSA) is 68.0 Å². The Morgan fingerprint density at radius 1 is 1.33 bits per heavy atom. The Balaban J connectivity index is 2.04. The van der Waals surface area contributed by atoms with Crippen molar-refractivity contribution in [3.63, 3.8) is 0 Å². The summed E-state index contributed by atoms with van der Waals surface area (Å²) in [4.78, 5) is 16.3. The van der Waals surface area contributed by atoms with Gasteiger partial charge in [0, 0.05) is 17.4 Å². The number of amides is 1. The van der Waals surface area contributed by atoms with Gasteiger partial charge < -0.3 is 11.1 Å². The van der Waals surface area contributed by atoms with Crippen LogP contribution in [0, 0.1) is 18.8 Å². The Morgan fingerprint density at radius 2 is 2.19 bits per heavy atom. The van der Waals surface area contributed by atoms with Gasteiger partial charge in [0.25, 0.3) is 0 Å². The van der Waals surface area contributed by atoms with Crippen molar-refractivity contribution >= 4 is 11.6 Å². The van der Waals surface area contributed by atoms with E-state index in [-0.39, 0.29) is 12.3 Å². The van der Waals surface area contributed by atoms with Crippen LogP contribution in [0.2, 0.25) is 0 Å². The fourth-order valence-corrected chi connectivity index (χ4v) is 1.89. The van der Waals surface area contributed by atoms with Crippen LogP contribution in [-0.2, 0) is 11.2 Å². The molecule has 1 amide bonds. The highest BCUT2D eigenvalue weighted by molar-refractivity contribution is 5.92. The van der Waals surface area contributed by atoms with Crippen LogP contribution in [0.25, 0.3) is 0 Å². The molecule has 21 heavy (non-hydrogen) atoms. The van der Waals surface area contributed by atoms with E-state index in [2.05, 4.69) is 22.1 Å². The van der Waals surface area contributed by atoms with E-state index in [4.69, 9.17) is 5.73 Å². The van der Waals surface area contributed by atoms with Crippen LogP contribution in [0.15, 0.2) is 42.6 Å². The van der Waals surface area contributed by atoms with E-state index < -0.39 is 0 Å². The van der Waals surface area contributed by atoms with E-state index in [1.165, 1.54) is 0 Å². The van der Waals surface area contributed by atoms with Crippen molar-refractivity contribution < 1.29 is 4.79 Å². The second-order valence-electron chi connectivity index (χ2n) is 4.58. The third kappa shape index (κ3) is 4.44. The van der Waals surface area contributed by atoms with E-state index in [0.29, 0.717) is 6.54 Å². The molecule has 1 aromatic heterocycles. The molecule has 3 N–H and O–H groups in total. The number of pyridine rings is 1. The summed E-state index contributed by atoms with van der Waals surface area (Å²) in [6, 6.07) is 11.2. The van der Waals surface area contributed by atoms with Crippen molar-refractivity contribution in [3.05, 3.63) is 59.4 Å². The number of nitrogens with one attached hydrogen (secondary N) is 1. The van der Waals surface area contributed by atoms with E-state index in [0.717, 1.165) is 22.5 Å². The largest absolute Gasteiger partial charge is 0.326 e. The molecule has 4 nitrogen and oxygen atoms in total. The molecule has 2 rings (SSSR count). The average molecular weight is 279 g/mol. The molecule has 0 saturated heterocycles. The number of anilines is 1. The van der Waals surface area contributed by atoms with Gasteiger partial charge in [-0.25, -0.2) is 0 Å². The second kappa shape index (κ2) is 7.22. The zero-order chi connectivity index (χ0) is 15.1. The molecule has 1 heterocycles. The van der Waals surface area contributed by atoms with Crippen LogP contribution in [0.5, 0.6) is 0 Å². The van der Waals surface area contributed by atoms with Crippen molar-refractivity contribution in [2.24, 2.45) is 5.73 Å². The van der Waals surface area contributed by atoms with Gasteiger partial charge in [0.05, 0.1) is 18.7 Å². The number of aryl methyl sites for hydroxylation is 1. The molecule has 0 atom stereocenters. The molecule has 0 fully saturated rings. The lowest BCUT2D eigenvalue weighted by atomic mass is 10.1. The third-order valence-electron chi connectivity index (χ3n) is 2.93. The number of nitrogens with two attached hydrogens (primary N) is 1. The Labute approximate surface area is 124 Å². The van der Waals surface area contributed by atoms with E-state index in [1.54, 1.807) is 6.20 Å². The standard InChI is InChI=1S/C17H17N3O/c1-13-5-4-10-19-16(13)12-17(21)20-15-8-2-6-14(11-15)7-3-9-18/h2,4-6,8,10-11H,9,12,18H2,1H3,(H,20,21). The fourth-order valence-electron chi connectivity index (χ4n) is 1.89. The summed E-state index contributed by atoms with van der Waals surface area (Å²) < 4.78 is 0. The van der Waals surface area contributed by atoms with Gasteiger partial charge in [-0.05, 0) is 36.8 Å². The van der Waals surface area contributed by atoms with Gasteiger partial charge in [0.2, 0.25) is 5.91 Å². The van der Waals surface area contributed by atoms with Crippen molar-refractivity contribution in [1.29, 1.82) is 0 Å². The van der Waals surface area contributed by atoms with Crippen LogP contribution in [-0.4, -0.2) is 17.4 Å². The Morgan fingerprint density at radius 3 is 2.95 bits per heavy atom. The number of hydrogen-bond donors (Lipinski definition) is 2. The third-order valence-corrected chi connectivity index (χ3v) is 2.93. The van der Waals surface area contributed by atoms with Gasteiger partial charge in [0.15, 0.2) is 0 Å². The van der Waals surface area contributed by atoms with Gasteiger partial charge in [-0.2, -0.15) is 0 Å². The summed E-state index contributed by atoms with van der Waals surface area (Å²) in [6.45, 7) is 2.26. The molecule has 0 bridgehead atoms. The van der Waals surface area contributed by atoms with E-state index in [1.807, 2.05) is 43.3 Å². The van der Waals surface area contributed by atoms with Gasteiger partial charge in [0.1, 0.15) is 0 Å². The molecule has 0 unspecified atom stereocenters. The lowest BCUT2D eigenvalue weighted by Gasteiger charge is -2.07. The lowest BCUT2D eigenvalue weighted by molar-refractivity contribution is -0.115. The quantitative estimate of drug-likeness (QED) is 0.843. The number of carbonyl (C=O) groups excluding carboxylic acids is 1. The molecule has 0 aliphatic heterocycles. The molecule has 0 saturated carbocycles. The van der Waals surface area contributed by atoms with Gasteiger partial charge in [-0.3, -0.25) is 9.78 Å². The van der Waals surface area contributed by atoms with Crippen LogP contribution in [0.4, 0.5) is 5.69 Å². The minimum atomic E-state index is -0.0965. The maximum absolute atomic E-state index is 12.1. The summed E-state index contributed by atoms with van der Waals surface area (Å²) in [7, 11) is 0. The van der Waals surface area contributed by atoms with Crippen molar-refractivity contribution in [2.75, 3.05) is 11.9 Å². The molecule has 0 spiro atoms. The molecular weight excluding hydrogens is 262 g/mol. The Bertz CT molecular complexity index is 698. The molecule has 0 aliphatic rings. The predicted octanol–water partition coefficient (Wildman–Crippen LogP) is 1.88. The highest BCUT2D eigenvalue weighted by Crippen LogP contribution is 2.11. The summed E-state index contributed by atoms with van der Waals surface area (Å²) in [5.41, 5.74) is 8.69. The van der Waals surface area contributed by atoms with E-state index in [9.17, 15) is 4.79 Å². The number of aromatic nitrogens is 1.